The monoisotopic (exact) mass is 169 g/mol. The first kappa shape index (κ1) is 8.05. The molecule has 2 fully saturated rings. The first-order valence-electron chi connectivity index (χ1n) is 4.55. The van der Waals surface area contributed by atoms with E-state index >= 15 is 0 Å². The van der Waals surface area contributed by atoms with Gasteiger partial charge >= 0.3 is 5.97 Å². The van der Waals surface area contributed by atoms with Gasteiger partial charge in [0.05, 0.1) is 5.92 Å². The molecular formula is C9H15NO2. The molecule has 1 aliphatic heterocycles. The van der Waals surface area contributed by atoms with Crippen molar-refractivity contribution in [1.29, 1.82) is 0 Å². The van der Waals surface area contributed by atoms with Crippen molar-refractivity contribution in [2.24, 2.45) is 11.3 Å². The van der Waals surface area contributed by atoms with E-state index in [0.29, 0.717) is 0 Å². The predicted molar refractivity (Wildman–Crippen MR) is 44.9 cm³/mol. The minimum Gasteiger partial charge on any atom is -0.481 e. The fourth-order valence-electron chi connectivity index (χ4n) is 2.28. The van der Waals surface area contributed by atoms with Crippen LogP contribution in [0.4, 0.5) is 0 Å². The van der Waals surface area contributed by atoms with E-state index in [2.05, 4.69) is 4.90 Å². The van der Waals surface area contributed by atoms with Crippen LogP contribution in [0.25, 0.3) is 0 Å². The lowest BCUT2D eigenvalue weighted by Crippen LogP contribution is -2.43. The molecule has 1 atom stereocenters. The average molecular weight is 169 g/mol. The molecule has 1 N–H and O–H groups in total. The number of carbonyl (C=O) groups is 1. The van der Waals surface area contributed by atoms with Crippen molar-refractivity contribution < 1.29 is 9.90 Å². The number of likely N-dealkylation sites (tertiary alicyclic amines) is 1. The van der Waals surface area contributed by atoms with Crippen molar-refractivity contribution in [3.05, 3.63) is 0 Å². The van der Waals surface area contributed by atoms with E-state index in [1.807, 2.05) is 7.05 Å². The molecular weight excluding hydrogens is 154 g/mol. The maximum atomic E-state index is 10.9. The van der Waals surface area contributed by atoms with Crippen LogP contribution < -0.4 is 0 Å². The summed E-state index contributed by atoms with van der Waals surface area (Å²) in [5.74, 6) is -0.699. The van der Waals surface area contributed by atoms with Gasteiger partial charge in [-0.05, 0) is 38.3 Å². The molecule has 0 aromatic heterocycles. The van der Waals surface area contributed by atoms with Gasteiger partial charge in [0, 0.05) is 6.54 Å². The van der Waals surface area contributed by atoms with E-state index in [1.165, 1.54) is 0 Å². The summed E-state index contributed by atoms with van der Waals surface area (Å²) in [5, 5.41) is 9.00. The number of hydrogen-bond donors (Lipinski definition) is 1. The zero-order chi connectivity index (χ0) is 8.77. The van der Waals surface area contributed by atoms with E-state index in [4.69, 9.17) is 5.11 Å². The zero-order valence-corrected chi connectivity index (χ0v) is 7.42. The van der Waals surface area contributed by atoms with Gasteiger partial charge in [0.15, 0.2) is 0 Å². The normalized spacial score (nSPS) is 33.6. The Hall–Kier alpha value is -0.570. The van der Waals surface area contributed by atoms with Gasteiger partial charge in [-0.25, -0.2) is 0 Å². The number of hydrogen-bond acceptors (Lipinski definition) is 2. The summed E-state index contributed by atoms with van der Waals surface area (Å²) in [6, 6.07) is 0. The number of aliphatic carboxylic acids is 1. The van der Waals surface area contributed by atoms with Crippen LogP contribution in [0.2, 0.25) is 0 Å². The van der Waals surface area contributed by atoms with Gasteiger partial charge in [0.25, 0.3) is 0 Å². The van der Waals surface area contributed by atoms with Crippen molar-refractivity contribution in [3.63, 3.8) is 0 Å². The third kappa shape index (κ3) is 1.12. The van der Waals surface area contributed by atoms with E-state index in [1.54, 1.807) is 0 Å². The zero-order valence-electron chi connectivity index (χ0n) is 7.42. The Morgan fingerprint density at radius 1 is 1.50 bits per heavy atom. The van der Waals surface area contributed by atoms with Crippen LogP contribution >= 0.6 is 0 Å². The molecule has 0 amide bonds. The Kier molecular flexibility index (Phi) is 1.65. The summed E-state index contributed by atoms with van der Waals surface area (Å²) in [6.45, 7) is 1.82. The average Bonchev–Trinajstić information content (AvgIpc) is 2.76. The molecule has 1 spiro atoms. The number of nitrogens with zero attached hydrogens (tertiary/aromatic N) is 1. The van der Waals surface area contributed by atoms with Gasteiger partial charge in [0.1, 0.15) is 0 Å². The van der Waals surface area contributed by atoms with Crippen molar-refractivity contribution in [2.75, 3.05) is 20.1 Å². The highest BCUT2D eigenvalue weighted by Crippen LogP contribution is 2.56. The van der Waals surface area contributed by atoms with Crippen LogP contribution in [0.3, 0.4) is 0 Å². The van der Waals surface area contributed by atoms with Gasteiger partial charge in [-0.2, -0.15) is 0 Å². The molecule has 68 valence electrons. The quantitative estimate of drug-likeness (QED) is 0.631. The molecule has 12 heavy (non-hydrogen) atoms. The summed E-state index contributed by atoms with van der Waals surface area (Å²) in [5.41, 5.74) is 0.207. The van der Waals surface area contributed by atoms with Crippen LogP contribution in [0.5, 0.6) is 0 Å². The summed E-state index contributed by atoms with van der Waals surface area (Å²) >= 11 is 0. The van der Waals surface area contributed by atoms with Gasteiger partial charge in [-0.15, -0.1) is 0 Å². The molecule has 0 radical (unpaired) electrons. The van der Waals surface area contributed by atoms with Crippen molar-refractivity contribution in [1.82, 2.24) is 4.90 Å². The molecule has 3 heteroatoms. The second-order valence-corrected chi connectivity index (χ2v) is 4.27. The number of piperidine rings is 1. The van der Waals surface area contributed by atoms with Gasteiger partial charge < -0.3 is 10.0 Å². The maximum absolute atomic E-state index is 10.9. The number of carboxylic acid groups (broad SMARTS) is 1. The lowest BCUT2D eigenvalue weighted by Gasteiger charge is -2.34. The van der Waals surface area contributed by atoms with Crippen LogP contribution in [0.1, 0.15) is 19.3 Å². The van der Waals surface area contributed by atoms with Crippen molar-refractivity contribution in [3.8, 4) is 0 Å². The molecule has 0 bridgehead atoms. The molecule has 0 aromatic rings. The maximum Gasteiger partial charge on any atom is 0.308 e. The summed E-state index contributed by atoms with van der Waals surface area (Å²) in [6.07, 6.45) is 3.36. The molecule has 1 aliphatic carbocycles. The predicted octanol–water partition coefficient (Wildman–Crippen LogP) is 0.803. The molecule has 2 rings (SSSR count). The lowest BCUT2D eigenvalue weighted by molar-refractivity contribution is -0.146. The van der Waals surface area contributed by atoms with Crippen LogP contribution in [-0.2, 0) is 4.79 Å². The summed E-state index contributed by atoms with van der Waals surface area (Å²) < 4.78 is 0. The summed E-state index contributed by atoms with van der Waals surface area (Å²) in [7, 11) is 2.01. The Balaban J connectivity index is 2.11. The molecule has 3 nitrogen and oxygen atoms in total. The topological polar surface area (TPSA) is 40.5 Å². The van der Waals surface area contributed by atoms with Gasteiger partial charge in [0.2, 0.25) is 0 Å². The minimum absolute atomic E-state index is 0.101. The van der Waals surface area contributed by atoms with E-state index in [9.17, 15) is 4.79 Å². The van der Waals surface area contributed by atoms with E-state index in [0.717, 1.165) is 32.4 Å². The van der Waals surface area contributed by atoms with Crippen LogP contribution in [-0.4, -0.2) is 36.1 Å². The highest BCUT2D eigenvalue weighted by molar-refractivity contribution is 5.72. The number of rotatable bonds is 1. The largest absolute Gasteiger partial charge is 0.481 e. The van der Waals surface area contributed by atoms with Crippen molar-refractivity contribution in [2.45, 2.75) is 19.3 Å². The lowest BCUT2D eigenvalue weighted by atomic mass is 9.82. The van der Waals surface area contributed by atoms with Crippen LogP contribution in [0.15, 0.2) is 0 Å². The Morgan fingerprint density at radius 3 is 2.67 bits per heavy atom. The number of carboxylic acids is 1. The molecule has 1 saturated heterocycles. The SMILES string of the molecule is CN1CCC2(CC2)C(C(=O)O)C1. The molecule has 1 saturated carbocycles. The second kappa shape index (κ2) is 2.46. The molecule has 2 aliphatic rings. The summed E-state index contributed by atoms with van der Waals surface area (Å²) in [4.78, 5) is 13.1. The first-order valence-corrected chi connectivity index (χ1v) is 4.55. The van der Waals surface area contributed by atoms with Crippen molar-refractivity contribution >= 4 is 5.97 Å². The fraction of sp³-hybridized carbons (Fsp3) is 0.889. The highest BCUT2D eigenvalue weighted by atomic mass is 16.4. The second-order valence-electron chi connectivity index (χ2n) is 4.27. The van der Waals surface area contributed by atoms with Gasteiger partial charge in [-0.3, -0.25) is 4.79 Å². The molecule has 1 heterocycles. The molecule has 1 unspecified atom stereocenters. The van der Waals surface area contributed by atoms with E-state index in [-0.39, 0.29) is 11.3 Å². The minimum atomic E-state index is -0.598. The van der Waals surface area contributed by atoms with Gasteiger partial charge in [-0.1, -0.05) is 0 Å². The third-order valence-electron chi connectivity index (χ3n) is 3.42. The standard InChI is InChI=1S/C9H15NO2/c1-10-5-4-9(2-3-9)7(6-10)8(11)12/h7H,2-6H2,1H3,(H,11,12). The smallest absolute Gasteiger partial charge is 0.308 e. The third-order valence-corrected chi connectivity index (χ3v) is 3.42. The highest BCUT2D eigenvalue weighted by Gasteiger charge is 2.54. The Morgan fingerprint density at radius 2 is 2.17 bits per heavy atom. The molecule has 0 aromatic carbocycles. The van der Waals surface area contributed by atoms with Crippen LogP contribution in [0, 0.1) is 11.3 Å². The first-order chi connectivity index (χ1) is 5.64. The Bertz CT molecular complexity index is 211. The fourth-order valence-corrected chi connectivity index (χ4v) is 2.28. The van der Waals surface area contributed by atoms with E-state index < -0.39 is 5.97 Å². The Labute approximate surface area is 72.4 Å².